The number of aryl methyl sites for hydroxylation is 1. The zero-order valence-corrected chi connectivity index (χ0v) is 11.4. The van der Waals surface area contributed by atoms with Gasteiger partial charge in [0, 0.05) is 12.7 Å². The highest BCUT2D eigenvalue weighted by atomic mass is 35.5. The average molecular weight is 299 g/mol. The van der Waals surface area contributed by atoms with Gasteiger partial charge in [-0.15, -0.1) is 0 Å². The molecule has 5 nitrogen and oxygen atoms in total. The van der Waals surface area contributed by atoms with Crippen molar-refractivity contribution >= 4 is 28.6 Å². The average Bonchev–Trinajstić information content (AvgIpc) is 2.40. The van der Waals surface area contributed by atoms with Crippen molar-refractivity contribution in [2.24, 2.45) is 0 Å². The Kier molecular flexibility index (Phi) is 4.04. The third kappa shape index (κ3) is 2.51. The molecule has 0 unspecified atom stereocenters. The summed E-state index contributed by atoms with van der Waals surface area (Å²) < 4.78 is 15.0. The van der Waals surface area contributed by atoms with Crippen molar-refractivity contribution < 1.29 is 14.3 Å². The Morgan fingerprint density at radius 3 is 2.85 bits per heavy atom. The van der Waals surface area contributed by atoms with Crippen molar-refractivity contribution in [3.8, 4) is 0 Å². The molecule has 0 amide bonds. The van der Waals surface area contributed by atoms with Gasteiger partial charge in [0.1, 0.15) is 11.2 Å². The van der Waals surface area contributed by atoms with E-state index in [1.807, 2.05) is 6.92 Å². The summed E-state index contributed by atoms with van der Waals surface area (Å²) in [5.74, 6) is -2.20. The van der Waals surface area contributed by atoms with Gasteiger partial charge in [0.25, 0.3) is 0 Å². The molecule has 0 fully saturated rings. The van der Waals surface area contributed by atoms with Crippen LogP contribution >= 0.6 is 11.6 Å². The number of carbonyl (C=O) groups is 1. The van der Waals surface area contributed by atoms with Gasteiger partial charge in [-0.3, -0.25) is 4.79 Å². The summed E-state index contributed by atoms with van der Waals surface area (Å²) in [7, 11) is 0. The van der Waals surface area contributed by atoms with E-state index in [2.05, 4.69) is 4.98 Å². The van der Waals surface area contributed by atoms with Crippen LogP contribution in [0.25, 0.3) is 11.0 Å². The minimum atomic E-state index is -1.35. The summed E-state index contributed by atoms with van der Waals surface area (Å²) in [4.78, 5) is 27.0. The van der Waals surface area contributed by atoms with E-state index in [1.54, 1.807) is 0 Å². The smallest absolute Gasteiger partial charge is 0.341 e. The largest absolute Gasteiger partial charge is 0.477 e. The number of fused-ring (bicyclic) bond motifs is 1. The number of carboxylic acid groups (broad SMARTS) is 1. The first kappa shape index (κ1) is 14.5. The van der Waals surface area contributed by atoms with Gasteiger partial charge in [-0.25, -0.2) is 14.2 Å². The molecule has 7 heteroatoms. The van der Waals surface area contributed by atoms with Gasteiger partial charge in [0.2, 0.25) is 5.43 Å². The molecule has 0 aliphatic heterocycles. The molecule has 0 aliphatic carbocycles. The third-order valence-electron chi connectivity index (χ3n) is 2.94. The fourth-order valence-electron chi connectivity index (χ4n) is 1.92. The summed E-state index contributed by atoms with van der Waals surface area (Å²) in [6, 6.07) is 0.932. The van der Waals surface area contributed by atoms with Crippen LogP contribution in [0.15, 0.2) is 17.1 Å². The van der Waals surface area contributed by atoms with Crippen LogP contribution in [0.3, 0.4) is 0 Å². The molecule has 0 aliphatic rings. The van der Waals surface area contributed by atoms with Gasteiger partial charge in [0.15, 0.2) is 11.0 Å². The van der Waals surface area contributed by atoms with Crippen LogP contribution in [-0.4, -0.2) is 20.6 Å². The lowest BCUT2D eigenvalue weighted by molar-refractivity contribution is 0.0695. The van der Waals surface area contributed by atoms with E-state index in [9.17, 15) is 14.0 Å². The highest BCUT2D eigenvalue weighted by molar-refractivity contribution is 6.29. The second-order valence-corrected chi connectivity index (χ2v) is 4.71. The SMILES string of the molecule is CCCCn1cc(C(=O)O)c(=O)c2cc(F)c(Cl)nc21. The summed E-state index contributed by atoms with van der Waals surface area (Å²) in [6.07, 6.45) is 2.88. The van der Waals surface area contributed by atoms with Crippen molar-refractivity contribution in [2.45, 2.75) is 26.3 Å². The van der Waals surface area contributed by atoms with Crippen LogP contribution < -0.4 is 5.43 Å². The molecule has 20 heavy (non-hydrogen) atoms. The first-order chi connectivity index (χ1) is 9.45. The van der Waals surface area contributed by atoms with E-state index >= 15 is 0 Å². The van der Waals surface area contributed by atoms with E-state index in [-0.39, 0.29) is 16.2 Å². The van der Waals surface area contributed by atoms with E-state index < -0.39 is 22.8 Å². The molecule has 0 saturated carbocycles. The lowest BCUT2D eigenvalue weighted by Gasteiger charge is -2.11. The maximum atomic E-state index is 13.5. The summed E-state index contributed by atoms with van der Waals surface area (Å²) >= 11 is 5.63. The Hall–Kier alpha value is -1.95. The summed E-state index contributed by atoms with van der Waals surface area (Å²) in [5, 5.41) is 8.62. The predicted molar refractivity (Wildman–Crippen MR) is 72.8 cm³/mol. The van der Waals surface area contributed by atoms with Gasteiger partial charge in [-0.2, -0.15) is 0 Å². The van der Waals surface area contributed by atoms with Crippen molar-refractivity contribution in [2.75, 3.05) is 0 Å². The van der Waals surface area contributed by atoms with Crippen LogP contribution in [0.2, 0.25) is 5.15 Å². The van der Waals surface area contributed by atoms with Gasteiger partial charge < -0.3 is 9.67 Å². The fourth-order valence-corrected chi connectivity index (χ4v) is 2.05. The number of rotatable bonds is 4. The molecule has 2 aromatic heterocycles. The molecule has 2 aromatic rings. The number of nitrogens with zero attached hydrogens (tertiary/aromatic N) is 2. The Balaban J connectivity index is 2.81. The van der Waals surface area contributed by atoms with Crippen molar-refractivity contribution in [3.05, 3.63) is 39.0 Å². The first-order valence-corrected chi connectivity index (χ1v) is 6.46. The van der Waals surface area contributed by atoms with Gasteiger partial charge >= 0.3 is 5.97 Å². The van der Waals surface area contributed by atoms with Crippen molar-refractivity contribution in [1.82, 2.24) is 9.55 Å². The Bertz CT molecular complexity index is 742. The first-order valence-electron chi connectivity index (χ1n) is 6.08. The van der Waals surface area contributed by atoms with Crippen LogP contribution in [0.4, 0.5) is 4.39 Å². The number of aromatic carboxylic acids is 1. The number of unbranched alkanes of at least 4 members (excludes halogenated alkanes) is 1. The monoisotopic (exact) mass is 298 g/mol. The minimum absolute atomic E-state index is 0.0806. The Labute approximate surface area is 118 Å². The van der Waals surface area contributed by atoms with E-state index in [0.29, 0.717) is 6.54 Å². The van der Waals surface area contributed by atoms with Crippen LogP contribution in [-0.2, 0) is 6.54 Å². The number of pyridine rings is 2. The van der Waals surface area contributed by atoms with Crippen LogP contribution in [0.5, 0.6) is 0 Å². The van der Waals surface area contributed by atoms with Gasteiger partial charge in [-0.1, -0.05) is 24.9 Å². The summed E-state index contributed by atoms with van der Waals surface area (Å²) in [5.41, 5.74) is -0.972. The van der Waals surface area contributed by atoms with Crippen LogP contribution in [0.1, 0.15) is 30.1 Å². The van der Waals surface area contributed by atoms with E-state index in [0.717, 1.165) is 18.9 Å². The molecular formula is C13H12ClFN2O3. The number of hydrogen-bond donors (Lipinski definition) is 1. The normalized spacial score (nSPS) is 10.9. The van der Waals surface area contributed by atoms with Crippen molar-refractivity contribution in [1.29, 1.82) is 0 Å². The molecule has 0 spiro atoms. The molecule has 0 radical (unpaired) electrons. The van der Waals surface area contributed by atoms with Gasteiger partial charge in [-0.05, 0) is 12.5 Å². The highest BCUT2D eigenvalue weighted by Gasteiger charge is 2.17. The molecule has 0 atom stereocenters. The maximum absolute atomic E-state index is 13.5. The topological polar surface area (TPSA) is 72.2 Å². The number of hydrogen-bond acceptors (Lipinski definition) is 3. The standard InChI is InChI=1S/C13H12ClFN2O3/c1-2-3-4-17-6-8(13(19)20)10(18)7-5-9(15)11(14)16-12(7)17/h5-6H,2-4H2,1H3,(H,19,20). The number of aromatic nitrogens is 2. The third-order valence-corrected chi connectivity index (χ3v) is 3.21. The molecule has 106 valence electrons. The second-order valence-electron chi connectivity index (χ2n) is 4.36. The zero-order chi connectivity index (χ0) is 14.9. The van der Waals surface area contributed by atoms with E-state index in [4.69, 9.17) is 16.7 Å². The van der Waals surface area contributed by atoms with Crippen molar-refractivity contribution in [3.63, 3.8) is 0 Å². The molecule has 2 heterocycles. The molecule has 0 aromatic carbocycles. The lowest BCUT2D eigenvalue weighted by Crippen LogP contribution is -2.20. The van der Waals surface area contributed by atoms with Gasteiger partial charge in [0.05, 0.1) is 5.39 Å². The lowest BCUT2D eigenvalue weighted by atomic mass is 10.2. The minimum Gasteiger partial charge on any atom is -0.477 e. The van der Waals surface area contributed by atoms with E-state index in [1.165, 1.54) is 10.8 Å². The molecule has 0 saturated heterocycles. The Morgan fingerprint density at radius 2 is 2.25 bits per heavy atom. The zero-order valence-electron chi connectivity index (χ0n) is 10.7. The maximum Gasteiger partial charge on any atom is 0.341 e. The predicted octanol–water partition coefficient (Wildman–Crippen LogP) is 2.69. The number of carboxylic acids is 1. The molecular weight excluding hydrogens is 287 g/mol. The quantitative estimate of drug-likeness (QED) is 0.881. The fraction of sp³-hybridized carbons (Fsp3) is 0.308. The Morgan fingerprint density at radius 1 is 1.55 bits per heavy atom. The second kappa shape index (κ2) is 5.58. The molecule has 2 rings (SSSR count). The molecule has 1 N–H and O–H groups in total. The number of halogens is 2. The van der Waals surface area contributed by atoms with Crippen LogP contribution in [0, 0.1) is 5.82 Å². The summed E-state index contributed by atoms with van der Waals surface area (Å²) in [6.45, 7) is 2.45. The highest BCUT2D eigenvalue weighted by Crippen LogP contribution is 2.18. The molecule has 0 bridgehead atoms.